The van der Waals surface area contributed by atoms with Crippen molar-refractivity contribution in [1.29, 1.82) is 0 Å². The van der Waals surface area contributed by atoms with E-state index in [2.05, 4.69) is 0 Å². The summed E-state index contributed by atoms with van der Waals surface area (Å²) in [6, 6.07) is 0.204. The molecule has 0 aromatic heterocycles. The van der Waals surface area contributed by atoms with Crippen LogP contribution in [0.4, 0.5) is 0 Å². The van der Waals surface area contributed by atoms with Crippen molar-refractivity contribution in [3.63, 3.8) is 0 Å². The van der Waals surface area contributed by atoms with Crippen LogP contribution < -0.4 is 0 Å². The second-order valence-corrected chi connectivity index (χ2v) is 6.54. The van der Waals surface area contributed by atoms with Crippen molar-refractivity contribution in [2.75, 3.05) is 13.2 Å². The topological polar surface area (TPSA) is 57.6 Å². The molecule has 0 aromatic rings. The molecule has 4 nitrogen and oxygen atoms in total. The fourth-order valence-electron chi connectivity index (χ4n) is 1.52. The summed E-state index contributed by atoms with van der Waals surface area (Å²) < 4.78 is 25.6. The molecule has 15 heavy (non-hydrogen) atoms. The van der Waals surface area contributed by atoms with Gasteiger partial charge in [-0.05, 0) is 26.2 Å². The maximum absolute atomic E-state index is 12.0. The Morgan fingerprint density at radius 2 is 2.07 bits per heavy atom. The van der Waals surface area contributed by atoms with Gasteiger partial charge >= 0.3 is 0 Å². The van der Waals surface area contributed by atoms with Crippen molar-refractivity contribution in [1.82, 2.24) is 4.31 Å². The Balaban J connectivity index is 2.69. The van der Waals surface area contributed by atoms with Crippen LogP contribution >= 0.6 is 0 Å². The SMILES string of the molecule is CCCCN(C1CC1)S(=O)(=O)C(C)CO. The maximum Gasteiger partial charge on any atom is 0.219 e. The number of sulfonamides is 1. The second-order valence-electron chi connectivity index (χ2n) is 4.23. The minimum absolute atomic E-state index is 0.204. The van der Waals surface area contributed by atoms with Gasteiger partial charge in [-0.3, -0.25) is 0 Å². The number of hydrogen-bond acceptors (Lipinski definition) is 3. The Labute approximate surface area is 92.3 Å². The van der Waals surface area contributed by atoms with E-state index in [1.165, 1.54) is 0 Å². The van der Waals surface area contributed by atoms with Gasteiger partial charge in [-0.15, -0.1) is 0 Å². The number of aliphatic hydroxyl groups is 1. The highest BCUT2D eigenvalue weighted by Crippen LogP contribution is 2.30. The molecule has 1 aliphatic carbocycles. The standard InChI is InChI=1S/C10H21NO3S/c1-3-4-7-11(10-5-6-10)15(13,14)9(2)8-12/h9-10,12H,3-8H2,1-2H3. The lowest BCUT2D eigenvalue weighted by molar-refractivity contribution is 0.287. The molecule has 0 saturated heterocycles. The summed E-state index contributed by atoms with van der Waals surface area (Å²) >= 11 is 0. The zero-order chi connectivity index (χ0) is 11.5. The highest BCUT2D eigenvalue weighted by Gasteiger charge is 2.38. The minimum atomic E-state index is -3.28. The van der Waals surface area contributed by atoms with Gasteiger partial charge in [0.1, 0.15) is 0 Å². The summed E-state index contributed by atoms with van der Waals surface area (Å²) in [5, 5.41) is 8.27. The van der Waals surface area contributed by atoms with Crippen LogP contribution in [0.15, 0.2) is 0 Å². The zero-order valence-corrected chi connectivity index (χ0v) is 10.3. The molecule has 1 saturated carbocycles. The molecule has 90 valence electrons. The predicted molar refractivity (Wildman–Crippen MR) is 60.1 cm³/mol. The fraction of sp³-hybridized carbons (Fsp3) is 1.00. The average Bonchev–Trinajstić information content (AvgIpc) is 3.01. The molecule has 0 radical (unpaired) electrons. The van der Waals surface area contributed by atoms with Crippen molar-refractivity contribution < 1.29 is 13.5 Å². The smallest absolute Gasteiger partial charge is 0.219 e. The van der Waals surface area contributed by atoms with Crippen LogP contribution in [0.1, 0.15) is 39.5 Å². The molecule has 1 rings (SSSR count). The van der Waals surface area contributed by atoms with E-state index in [-0.39, 0.29) is 12.6 Å². The predicted octanol–water partition coefficient (Wildman–Crippen LogP) is 0.962. The molecule has 0 aromatic carbocycles. The molecule has 0 heterocycles. The summed E-state index contributed by atoms with van der Waals surface area (Å²) in [6.07, 6.45) is 3.84. The van der Waals surface area contributed by atoms with E-state index in [4.69, 9.17) is 5.11 Å². The third-order valence-electron chi connectivity index (χ3n) is 2.78. The highest BCUT2D eigenvalue weighted by molar-refractivity contribution is 7.89. The first-order valence-electron chi connectivity index (χ1n) is 5.65. The summed E-state index contributed by atoms with van der Waals surface area (Å²) in [5.74, 6) is 0. The van der Waals surface area contributed by atoms with Gasteiger partial charge in [0.25, 0.3) is 0 Å². The van der Waals surface area contributed by atoms with Crippen LogP contribution in [0.2, 0.25) is 0 Å². The number of nitrogens with zero attached hydrogens (tertiary/aromatic N) is 1. The monoisotopic (exact) mass is 235 g/mol. The first-order chi connectivity index (χ1) is 7.04. The van der Waals surface area contributed by atoms with Gasteiger partial charge in [-0.2, -0.15) is 4.31 Å². The summed E-state index contributed by atoms with van der Waals surface area (Å²) in [7, 11) is -3.28. The van der Waals surface area contributed by atoms with E-state index < -0.39 is 15.3 Å². The van der Waals surface area contributed by atoms with Crippen LogP contribution in [0.3, 0.4) is 0 Å². The van der Waals surface area contributed by atoms with Crippen molar-refractivity contribution in [2.24, 2.45) is 0 Å². The molecule has 1 aliphatic rings. The molecular weight excluding hydrogens is 214 g/mol. The van der Waals surface area contributed by atoms with E-state index in [0.29, 0.717) is 6.54 Å². The van der Waals surface area contributed by atoms with Crippen LogP contribution in [0.25, 0.3) is 0 Å². The van der Waals surface area contributed by atoms with Crippen molar-refractivity contribution in [2.45, 2.75) is 50.8 Å². The number of unbranched alkanes of at least 4 members (excludes halogenated alkanes) is 1. The van der Waals surface area contributed by atoms with Crippen molar-refractivity contribution >= 4 is 10.0 Å². The number of aliphatic hydroxyl groups excluding tert-OH is 1. The third-order valence-corrected chi connectivity index (χ3v) is 5.08. The Kier molecular flexibility index (Phi) is 4.55. The molecule has 0 amide bonds. The molecule has 1 atom stereocenters. The maximum atomic E-state index is 12.0. The minimum Gasteiger partial charge on any atom is -0.395 e. The third kappa shape index (κ3) is 3.16. The van der Waals surface area contributed by atoms with E-state index in [1.54, 1.807) is 11.2 Å². The van der Waals surface area contributed by atoms with E-state index in [0.717, 1.165) is 25.7 Å². The number of rotatable bonds is 7. The van der Waals surface area contributed by atoms with Crippen LogP contribution in [-0.2, 0) is 10.0 Å². The second kappa shape index (κ2) is 5.27. The van der Waals surface area contributed by atoms with Crippen molar-refractivity contribution in [3.05, 3.63) is 0 Å². The largest absolute Gasteiger partial charge is 0.395 e. The Bertz CT molecular complexity index is 285. The van der Waals surface area contributed by atoms with E-state index in [9.17, 15) is 8.42 Å². The molecule has 0 bridgehead atoms. The van der Waals surface area contributed by atoms with Crippen LogP contribution in [-0.4, -0.2) is 42.3 Å². The van der Waals surface area contributed by atoms with Gasteiger partial charge in [0.05, 0.1) is 11.9 Å². The molecule has 0 aliphatic heterocycles. The Morgan fingerprint density at radius 1 is 1.47 bits per heavy atom. The van der Waals surface area contributed by atoms with Gasteiger partial charge < -0.3 is 5.11 Å². The molecule has 5 heteroatoms. The molecule has 1 N–H and O–H groups in total. The van der Waals surface area contributed by atoms with E-state index >= 15 is 0 Å². The molecule has 1 unspecified atom stereocenters. The normalized spacial score (nSPS) is 19.5. The number of hydrogen-bond donors (Lipinski definition) is 1. The lowest BCUT2D eigenvalue weighted by atomic mass is 10.3. The summed E-state index contributed by atoms with van der Waals surface area (Å²) in [5.41, 5.74) is 0. The molecule has 1 fully saturated rings. The average molecular weight is 235 g/mol. The fourth-order valence-corrected chi connectivity index (χ4v) is 3.18. The van der Waals surface area contributed by atoms with Gasteiger partial charge in [-0.1, -0.05) is 13.3 Å². The Hall–Kier alpha value is -0.130. The van der Waals surface area contributed by atoms with Crippen LogP contribution in [0, 0.1) is 0 Å². The quantitative estimate of drug-likeness (QED) is 0.715. The summed E-state index contributed by atoms with van der Waals surface area (Å²) in [6.45, 7) is 3.93. The van der Waals surface area contributed by atoms with Gasteiger partial charge in [0, 0.05) is 12.6 Å². The summed E-state index contributed by atoms with van der Waals surface area (Å²) in [4.78, 5) is 0. The van der Waals surface area contributed by atoms with Crippen LogP contribution in [0.5, 0.6) is 0 Å². The Morgan fingerprint density at radius 3 is 2.47 bits per heavy atom. The van der Waals surface area contributed by atoms with E-state index in [1.807, 2.05) is 6.92 Å². The molecular formula is C10H21NO3S. The first kappa shape index (κ1) is 12.9. The highest BCUT2D eigenvalue weighted by atomic mass is 32.2. The van der Waals surface area contributed by atoms with Gasteiger partial charge in [0.15, 0.2) is 0 Å². The van der Waals surface area contributed by atoms with Crippen molar-refractivity contribution in [3.8, 4) is 0 Å². The molecule has 0 spiro atoms. The first-order valence-corrected chi connectivity index (χ1v) is 7.15. The van der Waals surface area contributed by atoms with Gasteiger partial charge in [0.2, 0.25) is 10.0 Å². The lowest BCUT2D eigenvalue weighted by Crippen LogP contribution is -2.41. The lowest BCUT2D eigenvalue weighted by Gasteiger charge is -2.24. The van der Waals surface area contributed by atoms with Gasteiger partial charge in [-0.25, -0.2) is 8.42 Å². The zero-order valence-electron chi connectivity index (χ0n) is 9.52.